The number of aryl methyl sites for hydroxylation is 1. The number of hydrogen-bond acceptors (Lipinski definition) is 4. The van der Waals surface area contributed by atoms with Crippen molar-refractivity contribution in [3.63, 3.8) is 0 Å². The van der Waals surface area contributed by atoms with E-state index in [-0.39, 0.29) is 21.4 Å². The van der Waals surface area contributed by atoms with Crippen LogP contribution in [-0.2, 0) is 13.0 Å². The highest BCUT2D eigenvalue weighted by molar-refractivity contribution is 6.34. The molecule has 3 aromatic rings. The number of nitrogens with zero attached hydrogens (tertiary/aromatic N) is 3. The molecule has 7 nitrogen and oxygen atoms in total. The minimum absolute atomic E-state index is 0.0663. The molecule has 0 saturated heterocycles. The molecule has 1 amide bonds. The summed E-state index contributed by atoms with van der Waals surface area (Å²) >= 11 is 12.3. The van der Waals surface area contributed by atoms with Crippen molar-refractivity contribution in [2.75, 3.05) is 5.32 Å². The number of aromatic nitrogens is 3. The van der Waals surface area contributed by atoms with E-state index in [1.54, 1.807) is 0 Å². The minimum atomic E-state index is -4.76. The van der Waals surface area contributed by atoms with Crippen molar-refractivity contribution in [2.45, 2.75) is 45.0 Å². The molecule has 0 spiro atoms. The predicted octanol–water partition coefficient (Wildman–Crippen LogP) is 5.40. The molecule has 2 aromatic carbocycles. The van der Waals surface area contributed by atoms with Crippen molar-refractivity contribution >= 4 is 34.8 Å². The highest BCUT2D eigenvalue weighted by Crippen LogP contribution is 2.34. The van der Waals surface area contributed by atoms with Gasteiger partial charge in [-0.3, -0.25) is 9.36 Å². The average molecular weight is 533 g/mol. The van der Waals surface area contributed by atoms with E-state index >= 15 is 0 Å². The average Bonchev–Trinajstić information content (AvgIpc) is 3.13. The number of fused-ring (bicyclic) bond motifs is 1. The van der Waals surface area contributed by atoms with Gasteiger partial charge in [-0.05, 0) is 38.0 Å². The second-order valence-corrected chi connectivity index (χ2v) is 8.69. The van der Waals surface area contributed by atoms with Gasteiger partial charge in [-0.1, -0.05) is 29.3 Å². The second kappa shape index (κ2) is 9.54. The van der Waals surface area contributed by atoms with Crippen LogP contribution in [0.15, 0.2) is 35.1 Å². The number of benzene rings is 2. The SMILES string of the molecule is C[C@H](Oc1cc(-n2nc3n(c2=O)CCCC3)c(Cl)cc1C(=O)Nc1c(F)cccc1Cl)C(F)(F)F. The Morgan fingerprint density at radius 1 is 1.20 bits per heavy atom. The number of alkyl halides is 3. The zero-order chi connectivity index (χ0) is 25.5. The molecule has 0 radical (unpaired) electrons. The number of amides is 1. The summed E-state index contributed by atoms with van der Waals surface area (Å²) in [5.74, 6) is -1.89. The van der Waals surface area contributed by atoms with Gasteiger partial charge in [-0.2, -0.15) is 17.9 Å². The van der Waals surface area contributed by atoms with E-state index < -0.39 is 41.0 Å². The summed E-state index contributed by atoms with van der Waals surface area (Å²) in [6.07, 6.45) is -4.90. The number of rotatable bonds is 5. The van der Waals surface area contributed by atoms with Crippen LogP contribution < -0.4 is 15.7 Å². The molecule has 1 atom stereocenters. The van der Waals surface area contributed by atoms with E-state index in [0.717, 1.165) is 42.6 Å². The maximum absolute atomic E-state index is 14.2. The zero-order valence-electron chi connectivity index (χ0n) is 18.1. The molecule has 1 aliphatic heterocycles. The number of halogens is 6. The molecule has 4 rings (SSSR count). The first kappa shape index (κ1) is 25.1. The largest absolute Gasteiger partial charge is 0.480 e. The molecule has 0 saturated carbocycles. The van der Waals surface area contributed by atoms with E-state index in [0.29, 0.717) is 18.8 Å². The van der Waals surface area contributed by atoms with Crippen molar-refractivity contribution < 1.29 is 27.1 Å². The Bertz CT molecular complexity index is 1330. The molecule has 186 valence electrons. The quantitative estimate of drug-likeness (QED) is 0.446. The van der Waals surface area contributed by atoms with Crippen molar-refractivity contribution in [1.29, 1.82) is 0 Å². The van der Waals surface area contributed by atoms with Gasteiger partial charge in [0.1, 0.15) is 17.4 Å². The number of nitrogens with one attached hydrogen (secondary N) is 1. The standard InChI is InChI=1S/C22H18Cl2F4N4O3/c1-11(22(26,27)28)35-17-10-16(32-21(34)31-8-3-2-7-18(31)30-32)14(24)9-12(17)20(33)29-19-13(23)5-4-6-15(19)25/h4-6,9-11H,2-3,7-8H2,1H3,(H,29,33)/t11-/m0/s1. The Kier molecular flexibility index (Phi) is 6.83. The first-order valence-corrected chi connectivity index (χ1v) is 11.2. The fraction of sp³-hybridized carbons (Fsp3) is 0.318. The summed E-state index contributed by atoms with van der Waals surface area (Å²) in [7, 11) is 0. The summed E-state index contributed by atoms with van der Waals surface area (Å²) < 4.78 is 61.4. The number of anilines is 1. The lowest BCUT2D eigenvalue weighted by atomic mass is 10.1. The van der Waals surface area contributed by atoms with Crippen molar-refractivity contribution in [1.82, 2.24) is 14.3 Å². The molecular formula is C22H18Cl2F4N4O3. The smallest absolute Gasteiger partial charge is 0.425 e. The van der Waals surface area contributed by atoms with E-state index in [1.165, 1.54) is 16.7 Å². The first-order chi connectivity index (χ1) is 16.5. The zero-order valence-corrected chi connectivity index (χ0v) is 19.6. The Balaban J connectivity index is 1.81. The monoisotopic (exact) mass is 532 g/mol. The molecule has 0 unspecified atom stereocenters. The fourth-order valence-electron chi connectivity index (χ4n) is 3.59. The van der Waals surface area contributed by atoms with Gasteiger partial charge in [0.2, 0.25) is 0 Å². The van der Waals surface area contributed by atoms with Gasteiger partial charge in [0.05, 0.1) is 27.0 Å². The van der Waals surface area contributed by atoms with Gasteiger partial charge >= 0.3 is 11.9 Å². The van der Waals surface area contributed by atoms with Gasteiger partial charge < -0.3 is 10.1 Å². The van der Waals surface area contributed by atoms with Crippen LogP contribution in [0.5, 0.6) is 5.75 Å². The van der Waals surface area contributed by atoms with E-state index in [1.807, 2.05) is 0 Å². The number of para-hydroxylation sites is 1. The van der Waals surface area contributed by atoms with Crippen LogP contribution in [0.25, 0.3) is 5.69 Å². The minimum Gasteiger partial charge on any atom is -0.480 e. The molecular weight excluding hydrogens is 515 g/mol. The third kappa shape index (κ3) is 5.01. The third-order valence-electron chi connectivity index (χ3n) is 5.46. The lowest BCUT2D eigenvalue weighted by molar-refractivity contribution is -0.189. The second-order valence-electron chi connectivity index (χ2n) is 7.87. The molecule has 35 heavy (non-hydrogen) atoms. The Labute approximate surface area is 206 Å². The summed E-state index contributed by atoms with van der Waals surface area (Å²) in [5, 5.41) is 6.21. The molecule has 0 aliphatic carbocycles. The van der Waals surface area contributed by atoms with Crippen LogP contribution in [0.1, 0.15) is 35.9 Å². The van der Waals surface area contributed by atoms with E-state index in [2.05, 4.69) is 10.4 Å². The molecule has 2 heterocycles. The Morgan fingerprint density at radius 3 is 2.60 bits per heavy atom. The molecule has 0 fully saturated rings. The topological polar surface area (TPSA) is 78.2 Å². The van der Waals surface area contributed by atoms with Gasteiger partial charge in [0.15, 0.2) is 6.10 Å². The molecule has 1 N–H and O–H groups in total. The lowest BCUT2D eigenvalue weighted by Crippen LogP contribution is -2.32. The molecule has 1 aliphatic rings. The molecule has 0 bridgehead atoms. The van der Waals surface area contributed by atoms with Crippen LogP contribution >= 0.6 is 23.2 Å². The normalized spacial score (nSPS) is 14.4. The Morgan fingerprint density at radius 2 is 1.94 bits per heavy atom. The predicted molar refractivity (Wildman–Crippen MR) is 121 cm³/mol. The van der Waals surface area contributed by atoms with Crippen LogP contribution in [0, 0.1) is 5.82 Å². The van der Waals surface area contributed by atoms with E-state index in [4.69, 9.17) is 27.9 Å². The highest BCUT2D eigenvalue weighted by atomic mass is 35.5. The molecule has 1 aromatic heterocycles. The Hall–Kier alpha value is -3.05. The van der Waals surface area contributed by atoms with Crippen LogP contribution in [0.2, 0.25) is 10.0 Å². The lowest BCUT2D eigenvalue weighted by Gasteiger charge is -2.21. The fourth-order valence-corrected chi connectivity index (χ4v) is 4.05. The third-order valence-corrected chi connectivity index (χ3v) is 6.08. The van der Waals surface area contributed by atoms with Crippen LogP contribution in [0.4, 0.5) is 23.2 Å². The number of hydrogen-bond donors (Lipinski definition) is 1. The number of carbonyl (C=O) groups excluding carboxylic acids is 1. The van der Waals surface area contributed by atoms with Crippen LogP contribution in [0.3, 0.4) is 0 Å². The van der Waals surface area contributed by atoms with Crippen molar-refractivity contribution in [3.05, 3.63) is 68.1 Å². The van der Waals surface area contributed by atoms with E-state index in [9.17, 15) is 27.2 Å². The maximum Gasteiger partial charge on any atom is 0.425 e. The number of carbonyl (C=O) groups is 1. The maximum atomic E-state index is 14.2. The highest BCUT2D eigenvalue weighted by Gasteiger charge is 2.39. The summed E-state index contributed by atoms with van der Waals surface area (Å²) in [6.45, 7) is 1.20. The molecule has 13 heteroatoms. The van der Waals surface area contributed by atoms with Gasteiger partial charge in [0, 0.05) is 19.0 Å². The van der Waals surface area contributed by atoms with Crippen molar-refractivity contribution in [2.24, 2.45) is 0 Å². The summed E-state index contributed by atoms with van der Waals surface area (Å²) in [6, 6.07) is 5.76. The number of ether oxygens (including phenoxy) is 1. The summed E-state index contributed by atoms with van der Waals surface area (Å²) in [4.78, 5) is 25.8. The van der Waals surface area contributed by atoms with Gasteiger partial charge in [-0.25, -0.2) is 9.18 Å². The van der Waals surface area contributed by atoms with Crippen LogP contribution in [-0.4, -0.2) is 32.5 Å². The first-order valence-electron chi connectivity index (χ1n) is 10.5. The summed E-state index contributed by atoms with van der Waals surface area (Å²) in [5.41, 5.74) is -1.38. The van der Waals surface area contributed by atoms with Gasteiger partial charge in [0.25, 0.3) is 5.91 Å². The van der Waals surface area contributed by atoms with Crippen molar-refractivity contribution in [3.8, 4) is 11.4 Å². The van der Waals surface area contributed by atoms with Gasteiger partial charge in [-0.15, -0.1) is 5.10 Å².